The molecule has 0 amide bonds. The van der Waals surface area contributed by atoms with E-state index in [1.807, 2.05) is 0 Å². The van der Waals surface area contributed by atoms with Gasteiger partial charge < -0.3 is 10.2 Å². The van der Waals surface area contributed by atoms with Crippen molar-refractivity contribution in [1.82, 2.24) is 9.97 Å². The minimum absolute atomic E-state index is 0.294. The van der Waals surface area contributed by atoms with Crippen molar-refractivity contribution in [3.8, 4) is 11.6 Å². The van der Waals surface area contributed by atoms with E-state index >= 15 is 0 Å². The molecule has 8 heteroatoms. The lowest BCUT2D eigenvalue weighted by molar-refractivity contribution is 0.458. The normalized spacial score (nSPS) is 10.2. The molecule has 0 bridgehead atoms. The van der Waals surface area contributed by atoms with Gasteiger partial charge in [0.1, 0.15) is 16.5 Å². The molecule has 0 aliphatic rings. The second kappa shape index (κ2) is 5.71. The van der Waals surface area contributed by atoms with Crippen LogP contribution in [0.2, 0.25) is 10.0 Å². The number of rotatable bonds is 3. The van der Waals surface area contributed by atoms with Crippen molar-refractivity contribution in [3.05, 3.63) is 39.0 Å². The third kappa shape index (κ3) is 2.84. The van der Waals surface area contributed by atoms with Crippen molar-refractivity contribution in [2.45, 2.75) is 0 Å². The Balaban J connectivity index is 2.34. The van der Waals surface area contributed by atoms with Crippen LogP contribution >= 0.6 is 39.1 Å². The number of anilines is 1. The number of nitrogens with two attached hydrogens (primary N) is 1. The van der Waals surface area contributed by atoms with Gasteiger partial charge in [0.05, 0.1) is 5.02 Å². The molecule has 0 aliphatic carbocycles. The van der Waals surface area contributed by atoms with E-state index in [2.05, 4.69) is 31.3 Å². The van der Waals surface area contributed by atoms with E-state index in [1.54, 1.807) is 18.2 Å². The summed E-state index contributed by atoms with van der Waals surface area (Å²) in [5.74, 6) is 6.43. The highest BCUT2D eigenvalue weighted by Gasteiger charge is 2.11. The van der Waals surface area contributed by atoms with Crippen molar-refractivity contribution in [3.63, 3.8) is 0 Å². The van der Waals surface area contributed by atoms with E-state index in [0.29, 0.717) is 32.0 Å². The van der Waals surface area contributed by atoms with Crippen LogP contribution in [-0.4, -0.2) is 9.97 Å². The number of nitrogens with zero attached hydrogens (tertiary/aromatic N) is 2. The van der Waals surface area contributed by atoms with Gasteiger partial charge in [-0.1, -0.05) is 23.2 Å². The highest BCUT2D eigenvalue weighted by molar-refractivity contribution is 9.10. The number of nitrogens with one attached hydrogen (secondary N) is 1. The topological polar surface area (TPSA) is 73.1 Å². The van der Waals surface area contributed by atoms with Crippen LogP contribution in [0, 0.1) is 0 Å². The predicted octanol–water partition coefficient (Wildman–Crippen LogP) is 3.62. The molecule has 2 aromatic rings. The van der Waals surface area contributed by atoms with E-state index in [9.17, 15) is 0 Å². The fourth-order valence-electron chi connectivity index (χ4n) is 1.19. The third-order valence-electron chi connectivity index (χ3n) is 1.99. The highest BCUT2D eigenvalue weighted by atomic mass is 79.9. The van der Waals surface area contributed by atoms with E-state index in [-0.39, 0.29) is 0 Å². The summed E-state index contributed by atoms with van der Waals surface area (Å²) in [6, 6.07) is 4.89. The Kier molecular flexibility index (Phi) is 4.23. The first kappa shape index (κ1) is 13.4. The standard InChI is InChI=1S/C10H7BrCl2N4O/c11-8-9(17-14)15-4-16-10(8)18-7-2-1-5(12)3-6(7)13/h1-4H,14H2,(H,15,16,17). The molecule has 0 fully saturated rings. The van der Waals surface area contributed by atoms with Gasteiger partial charge in [0.2, 0.25) is 5.88 Å². The molecule has 0 spiro atoms. The van der Waals surface area contributed by atoms with Gasteiger partial charge in [-0.05, 0) is 34.1 Å². The van der Waals surface area contributed by atoms with Crippen LogP contribution in [0.25, 0.3) is 0 Å². The molecule has 5 nitrogen and oxygen atoms in total. The van der Waals surface area contributed by atoms with Crippen molar-refractivity contribution in [2.75, 3.05) is 5.43 Å². The Labute approximate surface area is 121 Å². The van der Waals surface area contributed by atoms with Crippen LogP contribution in [0.15, 0.2) is 29.0 Å². The zero-order valence-corrected chi connectivity index (χ0v) is 11.9. The number of nitrogen functional groups attached to an aromatic ring is 1. The van der Waals surface area contributed by atoms with Crippen LogP contribution in [0.1, 0.15) is 0 Å². The minimum atomic E-state index is 0.294. The summed E-state index contributed by atoms with van der Waals surface area (Å²) >= 11 is 15.1. The summed E-state index contributed by atoms with van der Waals surface area (Å²) < 4.78 is 6.05. The fourth-order valence-corrected chi connectivity index (χ4v) is 2.03. The van der Waals surface area contributed by atoms with Crippen molar-refractivity contribution in [1.29, 1.82) is 0 Å². The first-order valence-corrected chi connectivity index (χ1v) is 6.26. The highest BCUT2D eigenvalue weighted by Crippen LogP contribution is 2.35. The fraction of sp³-hybridized carbons (Fsp3) is 0. The Morgan fingerprint density at radius 2 is 2.06 bits per heavy atom. The lowest BCUT2D eigenvalue weighted by Gasteiger charge is -2.09. The second-order valence-electron chi connectivity index (χ2n) is 3.16. The number of hydrazine groups is 1. The Morgan fingerprint density at radius 3 is 2.72 bits per heavy atom. The van der Waals surface area contributed by atoms with Crippen LogP contribution in [0.4, 0.5) is 5.82 Å². The Hall–Kier alpha value is -1.08. The van der Waals surface area contributed by atoms with E-state index in [1.165, 1.54) is 6.33 Å². The van der Waals surface area contributed by atoms with Crippen LogP contribution in [0.5, 0.6) is 11.6 Å². The SMILES string of the molecule is NNc1ncnc(Oc2ccc(Cl)cc2Cl)c1Br. The molecule has 0 saturated heterocycles. The zero-order chi connectivity index (χ0) is 13.1. The number of hydrogen-bond acceptors (Lipinski definition) is 5. The number of ether oxygens (including phenoxy) is 1. The average molecular weight is 350 g/mol. The molecule has 1 aromatic heterocycles. The molecule has 3 N–H and O–H groups in total. The molecule has 0 aliphatic heterocycles. The molecule has 0 atom stereocenters. The summed E-state index contributed by atoms with van der Waals surface area (Å²) in [4.78, 5) is 7.89. The molecular formula is C10H7BrCl2N4O. The molecule has 18 heavy (non-hydrogen) atoms. The largest absolute Gasteiger partial charge is 0.436 e. The monoisotopic (exact) mass is 348 g/mol. The quantitative estimate of drug-likeness (QED) is 0.654. The first-order chi connectivity index (χ1) is 8.61. The van der Waals surface area contributed by atoms with E-state index < -0.39 is 0 Å². The van der Waals surface area contributed by atoms with Crippen molar-refractivity contribution < 1.29 is 4.74 Å². The Morgan fingerprint density at radius 1 is 1.28 bits per heavy atom. The molecule has 2 rings (SSSR count). The summed E-state index contributed by atoms with van der Waals surface area (Å²) in [6.07, 6.45) is 1.32. The number of benzene rings is 1. The first-order valence-electron chi connectivity index (χ1n) is 4.72. The van der Waals surface area contributed by atoms with Gasteiger partial charge in [0.15, 0.2) is 5.82 Å². The molecule has 1 aromatic carbocycles. The maximum absolute atomic E-state index is 6.00. The number of halogens is 3. The second-order valence-corrected chi connectivity index (χ2v) is 4.80. The number of hydrogen-bond donors (Lipinski definition) is 2. The van der Waals surface area contributed by atoms with Crippen LogP contribution in [-0.2, 0) is 0 Å². The lowest BCUT2D eigenvalue weighted by atomic mass is 10.3. The maximum Gasteiger partial charge on any atom is 0.239 e. The van der Waals surface area contributed by atoms with Gasteiger partial charge in [0.25, 0.3) is 0 Å². The third-order valence-corrected chi connectivity index (χ3v) is 3.24. The van der Waals surface area contributed by atoms with Crippen LogP contribution < -0.4 is 16.0 Å². The molecule has 94 valence electrons. The van der Waals surface area contributed by atoms with Gasteiger partial charge in [0, 0.05) is 5.02 Å². The van der Waals surface area contributed by atoms with Gasteiger partial charge in [-0.2, -0.15) is 0 Å². The Bertz CT molecular complexity index is 582. The summed E-state index contributed by atoms with van der Waals surface area (Å²) in [5.41, 5.74) is 2.41. The van der Waals surface area contributed by atoms with Gasteiger partial charge in [-0.15, -0.1) is 0 Å². The minimum Gasteiger partial charge on any atom is -0.436 e. The van der Waals surface area contributed by atoms with Gasteiger partial charge in [-0.25, -0.2) is 15.8 Å². The lowest BCUT2D eigenvalue weighted by Crippen LogP contribution is -2.09. The molecule has 0 radical (unpaired) electrons. The summed E-state index contributed by atoms with van der Waals surface area (Å²) in [6.45, 7) is 0. The smallest absolute Gasteiger partial charge is 0.239 e. The predicted molar refractivity (Wildman–Crippen MR) is 74.1 cm³/mol. The molecular weight excluding hydrogens is 343 g/mol. The van der Waals surface area contributed by atoms with Crippen molar-refractivity contribution in [2.24, 2.45) is 5.84 Å². The summed E-state index contributed by atoms with van der Waals surface area (Å²) in [7, 11) is 0. The van der Waals surface area contributed by atoms with Gasteiger partial charge >= 0.3 is 0 Å². The average Bonchev–Trinajstić information content (AvgIpc) is 2.35. The zero-order valence-electron chi connectivity index (χ0n) is 8.82. The van der Waals surface area contributed by atoms with E-state index in [4.69, 9.17) is 33.8 Å². The molecule has 0 unspecified atom stereocenters. The molecule has 0 saturated carbocycles. The van der Waals surface area contributed by atoms with Crippen LogP contribution in [0.3, 0.4) is 0 Å². The maximum atomic E-state index is 6.00. The summed E-state index contributed by atoms with van der Waals surface area (Å²) in [5, 5.41) is 0.911. The van der Waals surface area contributed by atoms with Gasteiger partial charge in [-0.3, -0.25) is 0 Å². The van der Waals surface area contributed by atoms with E-state index in [0.717, 1.165) is 0 Å². The van der Waals surface area contributed by atoms with Crippen molar-refractivity contribution >= 4 is 44.9 Å². The molecule has 1 heterocycles. The number of aromatic nitrogens is 2.